The van der Waals surface area contributed by atoms with Crippen molar-refractivity contribution >= 4 is 5.91 Å². The van der Waals surface area contributed by atoms with E-state index in [9.17, 15) is 4.79 Å². The Labute approximate surface area is 183 Å². The molecular formula is C24H32N6O. The van der Waals surface area contributed by atoms with Crippen LogP contribution in [-0.2, 0) is 20.1 Å². The van der Waals surface area contributed by atoms with Gasteiger partial charge in [0.2, 0.25) is 0 Å². The summed E-state index contributed by atoms with van der Waals surface area (Å²) in [7, 11) is 1.91. The third kappa shape index (κ3) is 4.56. The Morgan fingerprint density at radius 1 is 1.23 bits per heavy atom. The maximum atomic E-state index is 12.8. The van der Waals surface area contributed by atoms with Crippen LogP contribution in [0.5, 0.6) is 0 Å². The minimum Gasteiger partial charge on any atom is -0.347 e. The maximum absolute atomic E-state index is 12.8. The highest BCUT2D eigenvalue weighted by atomic mass is 16.1. The molecule has 1 fully saturated rings. The van der Waals surface area contributed by atoms with Crippen LogP contribution in [0.1, 0.15) is 59.2 Å². The first-order valence-corrected chi connectivity index (χ1v) is 11.1. The number of carbonyl (C=O) groups excluding carboxylic acids is 1. The van der Waals surface area contributed by atoms with Crippen molar-refractivity contribution in [2.45, 2.75) is 59.2 Å². The van der Waals surface area contributed by atoms with Crippen LogP contribution in [0, 0.1) is 13.8 Å². The smallest absolute Gasteiger partial charge is 0.269 e. The van der Waals surface area contributed by atoms with Crippen molar-refractivity contribution in [2.75, 3.05) is 6.54 Å². The van der Waals surface area contributed by atoms with E-state index >= 15 is 0 Å². The van der Waals surface area contributed by atoms with Crippen molar-refractivity contribution in [3.63, 3.8) is 0 Å². The van der Waals surface area contributed by atoms with E-state index in [2.05, 4.69) is 50.6 Å². The van der Waals surface area contributed by atoms with E-state index in [0.29, 0.717) is 18.3 Å². The zero-order valence-electron chi connectivity index (χ0n) is 18.9. The van der Waals surface area contributed by atoms with Crippen LogP contribution in [0.25, 0.3) is 11.3 Å². The third-order valence-corrected chi connectivity index (χ3v) is 6.46. The Morgan fingerprint density at radius 3 is 2.71 bits per heavy atom. The van der Waals surface area contributed by atoms with Crippen molar-refractivity contribution in [3.05, 3.63) is 58.5 Å². The second kappa shape index (κ2) is 9.06. The number of carbonyl (C=O) groups is 1. The fourth-order valence-corrected chi connectivity index (χ4v) is 4.48. The standard InChI is InChI=1S/C24H32N6O/c1-16-9-7-8-12-30(16)15-20-11-6-5-10-19(20)14-25-24(31)22-13-21(26-27-22)23-17(2)28-29(4)18(23)3/h5-6,10-11,13,16H,7-9,12,14-15H2,1-4H3,(H,25,31)(H,26,27). The number of aromatic nitrogens is 4. The molecule has 1 atom stereocenters. The molecule has 4 rings (SSSR count). The maximum Gasteiger partial charge on any atom is 0.269 e. The van der Waals surface area contributed by atoms with Gasteiger partial charge < -0.3 is 5.32 Å². The van der Waals surface area contributed by atoms with Gasteiger partial charge in [-0.3, -0.25) is 19.5 Å². The molecule has 164 valence electrons. The number of piperidine rings is 1. The largest absolute Gasteiger partial charge is 0.347 e. The lowest BCUT2D eigenvalue weighted by Gasteiger charge is -2.33. The molecule has 0 radical (unpaired) electrons. The molecule has 0 saturated carbocycles. The summed E-state index contributed by atoms with van der Waals surface area (Å²) in [6.07, 6.45) is 3.85. The van der Waals surface area contributed by atoms with Crippen molar-refractivity contribution in [3.8, 4) is 11.3 Å². The summed E-state index contributed by atoms with van der Waals surface area (Å²) in [6.45, 7) is 8.84. The highest BCUT2D eigenvalue weighted by Gasteiger charge is 2.20. The predicted octanol–water partition coefficient (Wildman–Crippen LogP) is 3.73. The fourth-order valence-electron chi connectivity index (χ4n) is 4.48. The van der Waals surface area contributed by atoms with Crippen molar-refractivity contribution in [1.29, 1.82) is 0 Å². The molecule has 1 aliphatic rings. The Morgan fingerprint density at radius 2 is 2.00 bits per heavy atom. The zero-order valence-corrected chi connectivity index (χ0v) is 18.9. The molecule has 7 heteroatoms. The average molecular weight is 421 g/mol. The number of nitrogens with zero attached hydrogens (tertiary/aromatic N) is 4. The molecule has 1 aromatic carbocycles. The van der Waals surface area contributed by atoms with E-state index in [-0.39, 0.29) is 5.91 Å². The van der Waals surface area contributed by atoms with E-state index in [1.807, 2.05) is 31.6 Å². The summed E-state index contributed by atoms with van der Waals surface area (Å²) in [5, 5.41) is 14.7. The third-order valence-electron chi connectivity index (χ3n) is 6.46. The van der Waals surface area contributed by atoms with Crippen LogP contribution in [0.15, 0.2) is 30.3 Å². The molecule has 3 aromatic rings. The van der Waals surface area contributed by atoms with Crippen LogP contribution in [0.4, 0.5) is 0 Å². The van der Waals surface area contributed by atoms with E-state index < -0.39 is 0 Å². The van der Waals surface area contributed by atoms with E-state index in [0.717, 1.165) is 41.3 Å². The summed E-state index contributed by atoms with van der Waals surface area (Å²) in [6, 6.07) is 10.8. The van der Waals surface area contributed by atoms with Crippen LogP contribution >= 0.6 is 0 Å². The number of hydrogen-bond acceptors (Lipinski definition) is 4. The van der Waals surface area contributed by atoms with Crippen molar-refractivity contribution in [1.82, 2.24) is 30.2 Å². The molecule has 2 N–H and O–H groups in total. The zero-order chi connectivity index (χ0) is 22.0. The molecule has 1 unspecified atom stereocenters. The van der Waals surface area contributed by atoms with Gasteiger partial charge in [-0.2, -0.15) is 10.2 Å². The van der Waals surface area contributed by atoms with Gasteiger partial charge in [-0.1, -0.05) is 30.7 Å². The minimum atomic E-state index is -0.154. The molecule has 7 nitrogen and oxygen atoms in total. The lowest BCUT2D eigenvalue weighted by Crippen LogP contribution is -2.37. The average Bonchev–Trinajstić information content (AvgIpc) is 3.33. The highest BCUT2D eigenvalue weighted by molar-refractivity contribution is 5.93. The number of hydrogen-bond donors (Lipinski definition) is 2. The van der Waals surface area contributed by atoms with Crippen LogP contribution < -0.4 is 5.32 Å². The molecule has 1 amide bonds. The molecule has 2 aromatic heterocycles. The monoisotopic (exact) mass is 420 g/mol. The van der Waals surface area contributed by atoms with Crippen LogP contribution in [0.3, 0.4) is 0 Å². The molecule has 1 aliphatic heterocycles. The highest BCUT2D eigenvalue weighted by Crippen LogP contribution is 2.25. The normalized spacial score (nSPS) is 17.1. The number of aryl methyl sites for hydroxylation is 2. The fraction of sp³-hybridized carbons (Fsp3) is 0.458. The van der Waals surface area contributed by atoms with Crippen molar-refractivity contribution in [2.24, 2.45) is 7.05 Å². The van der Waals surface area contributed by atoms with Gasteiger partial charge in [-0.05, 0) is 57.4 Å². The second-order valence-corrected chi connectivity index (χ2v) is 8.60. The Hall–Kier alpha value is -2.93. The van der Waals surface area contributed by atoms with Gasteiger partial charge in [0.15, 0.2) is 0 Å². The van der Waals surface area contributed by atoms with Gasteiger partial charge in [0.25, 0.3) is 5.91 Å². The molecule has 0 bridgehead atoms. The molecular weight excluding hydrogens is 388 g/mol. The first-order chi connectivity index (χ1) is 14.9. The molecule has 0 spiro atoms. The first kappa shape index (κ1) is 21.3. The van der Waals surface area contributed by atoms with E-state index in [1.54, 1.807) is 6.07 Å². The van der Waals surface area contributed by atoms with Gasteiger partial charge in [0.05, 0.1) is 11.4 Å². The van der Waals surface area contributed by atoms with Crippen LogP contribution in [-0.4, -0.2) is 43.4 Å². The topological polar surface area (TPSA) is 78.8 Å². The first-order valence-electron chi connectivity index (χ1n) is 11.1. The van der Waals surface area contributed by atoms with E-state index in [1.165, 1.54) is 24.8 Å². The Balaban J connectivity index is 1.43. The Bertz CT molecular complexity index is 1070. The summed E-state index contributed by atoms with van der Waals surface area (Å²) in [4.78, 5) is 15.3. The lowest BCUT2D eigenvalue weighted by molar-refractivity contribution is 0.0945. The molecule has 1 saturated heterocycles. The summed E-state index contributed by atoms with van der Waals surface area (Å²) in [5.41, 5.74) is 6.54. The Kier molecular flexibility index (Phi) is 6.23. The van der Waals surface area contributed by atoms with Crippen LogP contribution in [0.2, 0.25) is 0 Å². The summed E-state index contributed by atoms with van der Waals surface area (Å²) >= 11 is 0. The van der Waals surface area contributed by atoms with Gasteiger partial charge >= 0.3 is 0 Å². The number of rotatable bonds is 6. The molecule has 3 heterocycles. The van der Waals surface area contributed by atoms with Gasteiger partial charge in [0, 0.05) is 37.4 Å². The quantitative estimate of drug-likeness (QED) is 0.637. The number of amides is 1. The molecule has 31 heavy (non-hydrogen) atoms. The van der Waals surface area contributed by atoms with Gasteiger partial charge in [0.1, 0.15) is 5.69 Å². The van der Waals surface area contributed by atoms with Gasteiger partial charge in [-0.25, -0.2) is 0 Å². The summed E-state index contributed by atoms with van der Waals surface area (Å²) in [5.74, 6) is -0.154. The van der Waals surface area contributed by atoms with Gasteiger partial charge in [-0.15, -0.1) is 0 Å². The number of H-pyrrole nitrogens is 1. The lowest BCUT2D eigenvalue weighted by atomic mass is 10.0. The SMILES string of the molecule is Cc1nn(C)c(C)c1-c1cc(C(=O)NCc2ccccc2CN2CCCCC2C)[nH]n1. The van der Waals surface area contributed by atoms with E-state index in [4.69, 9.17) is 0 Å². The minimum absolute atomic E-state index is 0.154. The summed E-state index contributed by atoms with van der Waals surface area (Å²) < 4.78 is 1.83. The van der Waals surface area contributed by atoms with Crippen molar-refractivity contribution < 1.29 is 4.79 Å². The number of nitrogens with one attached hydrogen (secondary N) is 2. The predicted molar refractivity (Wildman–Crippen MR) is 122 cm³/mol. The second-order valence-electron chi connectivity index (χ2n) is 8.60. The number of aromatic amines is 1. The number of benzene rings is 1. The molecule has 0 aliphatic carbocycles. The number of likely N-dealkylation sites (tertiary alicyclic amines) is 1.